The van der Waals surface area contributed by atoms with Crippen LogP contribution < -0.4 is 5.32 Å². The summed E-state index contributed by atoms with van der Waals surface area (Å²) in [7, 11) is 1.64. The molecule has 2 unspecified atom stereocenters. The van der Waals surface area contributed by atoms with Gasteiger partial charge < -0.3 is 10.1 Å². The maximum absolute atomic E-state index is 13.8. The highest BCUT2D eigenvalue weighted by molar-refractivity contribution is 9.10. The van der Waals surface area contributed by atoms with Crippen molar-refractivity contribution in [2.75, 3.05) is 13.7 Å². The van der Waals surface area contributed by atoms with E-state index in [1.807, 2.05) is 6.92 Å². The minimum absolute atomic E-state index is 0.0784. The van der Waals surface area contributed by atoms with Crippen LogP contribution in [-0.4, -0.2) is 19.8 Å². The molecular weight excluding hydrogens is 285 g/mol. The molecule has 2 atom stereocenters. The summed E-state index contributed by atoms with van der Waals surface area (Å²) in [5.41, 5.74) is 0.641. The second-order valence-corrected chi connectivity index (χ2v) is 4.95. The van der Waals surface area contributed by atoms with Gasteiger partial charge in [-0.15, -0.1) is 0 Å². The summed E-state index contributed by atoms with van der Waals surface area (Å²) in [5, 5.41) is 3.32. The Kier molecular flexibility index (Phi) is 6.09. The van der Waals surface area contributed by atoms with Gasteiger partial charge in [-0.25, -0.2) is 4.39 Å². The maximum Gasteiger partial charge on any atom is 0.128 e. The number of rotatable bonds is 6. The first-order valence-corrected chi connectivity index (χ1v) is 6.60. The molecule has 0 amide bonds. The first-order valence-electron chi connectivity index (χ1n) is 5.81. The van der Waals surface area contributed by atoms with E-state index in [1.165, 1.54) is 6.07 Å². The van der Waals surface area contributed by atoms with Gasteiger partial charge >= 0.3 is 0 Å². The van der Waals surface area contributed by atoms with Crippen molar-refractivity contribution < 1.29 is 9.13 Å². The minimum atomic E-state index is -0.203. The summed E-state index contributed by atoms with van der Waals surface area (Å²) in [5.74, 6) is -0.203. The molecule has 0 saturated heterocycles. The summed E-state index contributed by atoms with van der Waals surface area (Å²) in [6, 6.07) is 4.85. The average Bonchev–Trinajstić information content (AvgIpc) is 2.33. The number of ether oxygens (including phenoxy) is 1. The monoisotopic (exact) mass is 303 g/mol. The van der Waals surface area contributed by atoms with Crippen LogP contribution in [0.5, 0.6) is 0 Å². The van der Waals surface area contributed by atoms with Crippen molar-refractivity contribution in [1.82, 2.24) is 5.32 Å². The van der Waals surface area contributed by atoms with Crippen molar-refractivity contribution >= 4 is 15.9 Å². The third kappa shape index (κ3) is 4.05. The van der Waals surface area contributed by atoms with Crippen LogP contribution >= 0.6 is 15.9 Å². The van der Waals surface area contributed by atoms with Gasteiger partial charge in [0.25, 0.3) is 0 Å². The van der Waals surface area contributed by atoms with E-state index >= 15 is 0 Å². The van der Waals surface area contributed by atoms with Crippen molar-refractivity contribution in [1.29, 1.82) is 0 Å². The third-order valence-electron chi connectivity index (χ3n) is 2.75. The van der Waals surface area contributed by atoms with Crippen LogP contribution in [0.3, 0.4) is 0 Å². The van der Waals surface area contributed by atoms with Crippen molar-refractivity contribution in [3.05, 3.63) is 34.1 Å². The van der Waals surface area contributed by atoms with E-state index in [9.17, 15) is 4.39 Å². The Bertz CT molecular complexity index is 359. The van der Waals surface area contributed by atoms with Crippen molar-refractivity contribution in [2.45, 2.75) is 32.4 Å². The number of benzene rings is 1. The van der Waals surface area contributed by atoms with E-state index in [0.29, 0.717) is 5.56 Å². The van der Waals surface area contributed by atoms with E-state index in [2.05, 4.69) is 28.2 Å². The van der Waals surface area contributed by atoms with Crippen LogP contribution in [0.4, 0.5) is 4.39 Å². The highest BCUT2D eigenvalue weighted by Crippen LogP contribution is 2.25. The topological polar surface area (TPSA) is 21.3 Å². The lowest BCUT2D eigenvalue weighted by molar-refractivity contribution is 0.0818. The number of hydrogen-bond donors (Lipinski definition) is 1. The predicted octanol–water partition coefficient (Wildman–Crippen LogP) is 3.66. The maximum atomic E-state index is 13.8. The molecule has 0 aromatic heterocycles. The van der Waals surface area contributed by atoms with Gasteiger partial charge in [-0.2, -0.15) is 0 Å². The molecule has 1 N–H and O–H groups in total. The lowest BCUT2D eigenvalue weighted by Crippen LogP contribution is -2.32. The van der Waals surface area contributed by atoms with Gasteiger partial charge in [0.15, 0.2) is 0 Å². The van der Waals surface area contributed by atoms with Crippen molar-refractivity contribution in [3.8, 4) is 0 Å². The van der Waals surface area contributed by atoms with E-state index in [-0.39, 0.29) is 18.0 Å². The molecule has 4 heteroatoms. The summed E-state index contributed by atoms with van der Waals surface area (Å²) in [6.07, 6.45) is 0.924. The molecule has 0 saturated carbocycles. The fraction of sp³-hybridized carbons (Fsp3) is 0.538. The lowest BCUT2D eigenvalue weighted by atomic mass is 10.0. The molecule has 96 valence electrons. The predicted molar refractivity (Wildman–Crippen MR) is 71.6 cm³/mol. The fourth-order valence-electron chi connectivity index (χ4n) is 1.72. The number of hydrogen-bond acceptors (Lipinski definition) is 2. The Morgan fingerprint density at radius 2 is 2.18 bits per heavy atom. The van der Waals surface area contributed by atoms with Gasteiger partial charge in [-0.1, -0.05) is 22.9 Å². The second-order valence-electron chi connectivity index (χ2n) is 4.04. The Hall–Kier alpha value is -0.450. The average molecular weight is 304 g/mol. The molecular formula is C13H19BrFNO. The molecule has 0 fully saturated rings. The van der Waals surface area contributed by atoms with Gasteiger partial charge in [0.2, 0.25) is 0 Å². The van der Waals surface area contributed by atoms with Crippen LogP contribution in [0.25, 0.3) is 0 Å². The minimum Gasteiger partial charge on any atom is -0.380 e. The Morgan fingerprint density at radius 1 is 1.47 bits per heavy atom. The largest absolute Gasteiger partial charge is 0.380 e. The highest BCUT2D eigenvalue weighted by atomic mass is 79.9. The molecule has 0 spiro atoms. The molecule has 0 aliphatic rings. The molecule has 0 aliphatic heterocycles. The highest BCUT2D eigenvalue weighted by Gasteiger charge is 2.21. The van der Waals surface area contributed by atoms with Gasteiger partial charge in [-0.05, 0) is 38.1 Å². The molecule has 0 bridgehead atoms. The zero-order valence-electron chi connectivity index (χ0n) is 10.5. The van der Waals surface area contributed by atoms with Crippen LogP contribution in [0.2, 0.25) is 0 Å². The zero-order valence-corrected chi connectivity index (χ0v) is 12.1. The molecule has 2 nitrogen and oxygen atoms in total. The van der Waals surface area contributed by atoms with Crippen LogP contribution in [0.1, 0.15) is 31.9 Å². The molecule has 17 heavy (non-hydrogen) atoms. The molecule has 1 aromatic rings. The number of halogens is 2. The van der Waals surface area contributed by atoms with Gasteiger partial charge in [0, 0.05) is 17.1 Å². The van der Waals surface area contributed by atoms with Crippen LogP contribution in [0.15, 0.2) is 22.7 Å². The van der Waals surface area contributed by atoms with Gasteiger partial charge in [0.1, 0.15) is 5.82 Å². The van der Waals surface area contributed by atoms with E-state index in [1.54, 1.807) is 19.2 Å². The van der Waals surface area contributed by atoms with E-state index in [4.69, 9.17) is 4.74 Å². The molecule has 1 aromatic carbocycles. The lowest BCUT2D eigenvalue weighted by Gasteiger charge is -2.25. The molecule has 0 aliphatic carbocycles. The van der Waals surface area contributed by atoms with E-state index in [0.717, 1.165) is 17.4 Å². The zero-order chi connectivity index (χ0) is 12.8. The normalized spacial score (nSPS) is 14.6. The number of nitrogens with one attached hydrogen (secondary N) is 1. The van der Waals surface area contributed by atoms with Gasteiger partial charge in [0.05, 0.1) is 12.1 Å². The first kappa shape index (κ1) is 14.6. The smallest absolute Gasteiger partial charge is 0.128 e. The van der Waals surface area contributed by atoms with Crippen molar-refractivity contribution in [3.63, 3.8) is 0 Å². The van der Waals surface area contributed by atoms with Gasteiger partial charge in [-0.3, -0.25) is 0 Å². The summed E-state index contributed by atoms with van der Waals surface area (Å²) < 4.78 is 20.0. The Labute approximate surface area is 111 Å². The first-order chi connectivity index (χ1) is 8.10. The molecule has 0 heterocycles. The Morgan fingerprint density at radius 3 is 2.76 bits per heavy atom. The van der Waals surface area contributed by atoms with Crippen LogP contribution in [-0.2, 0) is 4.74 Å². The van der Waals surface area contributed by atoms with Crippen LogP contribution in [0, 0.1) is 5.82 Å². The summed E-state index contributed by atoms with van der Waals surface area (Å²) in [4.78, 5) is 0. The quantitative estimate of drug-likeness (QED) is 0.866. The molecule has 1 rings (SSSR count). The SMILES string of the molecule is CCCNC(c1cc(Br)ccc1F)C(C)OC. The summed E-state index contributed by atoms with van der Waals surface area (Å²) >= 11 is 3.37. The Balaban J connectivity index is 2.98. The third-order valence-corrected chi connectivity index (χ3v) is 3.24. The number of methoxy groups -OCH3 is 1. The molecule has 0 radical (unpaired) electrons. The van der Waals surface area contributed by atoms with E-state index < -0.39 is 0 Å². The standard InChI is InChI=1S/C13H19BrFNO/c1-4-7-16-13(9(2)17-3)11-8-10(14)5-6-12(11)15/h5-6,8-9,13,16H,4,7H2,1-3H3. The summed E-state index contributed by atoms with van der Waals surface area (Å²) in [6.45, 7) is 4.86. The fourth-order valence-corrected chi connectivity index (χ4v) is 2.10. The van der Waals surface area contributed by atoms with Crippen molar-refractivity contribution in [2.24, 2.45) is 0 Å². The second kappa shape index (κ2) is 7.09.